The first-order chi connectivity index (χ1) is 5.77. The van der Waals surface area contributed by atoms with Gasteiger partial charge in [0.05, 0.1) is 14.5 Å². The molecule has 0 aliphatic heterocycles. The van der Waals surface area contributed by atoms with E-state index in [-0.39, 0.29) is 0 Å². The topological polar surface area (TPSA) is 12.9 Å². The summed E-state index contributed by atoms with van der Waals surface area (Å²) >= 11 is 5.34. The average molecular weight is 246 g/mol. The van der Waals surface area contributed by atoms with Crippen molar-refractivity contribution >= 4 is 27.3 Å². The van der Waals surface area contributed by atoms with Crippen LogP contribution in [-0.4, -0.2) is 4.98 Å². The van der Waals surface area contributed by atoms with Crippen molar-refractivity contribution in [1.29, 1.82) is 0 Å². The monoisotopic (exact) mass is 245 g/mol. The van der Waals surface area contributed by atoms with Crippen LogP contribution in [0.4, 0.5) is 0 Å². The zero-order valence-corrected chi connectivity index (χ0v) is 9.54. The van der Waals surface area contributed by atoms with E-state index in [0.29, 0.717) is 0 Å². The molecule has 1 heterocycles. The summed E-state index contributed by atoms with van der Waals surface area (Å²) in [6.45, 7) is 2.08. The Morgan fingerprint density at radius 3 is 2.58 bits per heavy atom. The maximum Gasteiger partial charge on any atom is 0.0934 e. The summed E-state index contributed by atoms with van der Waals surface area (Å²) in [6, 6.07) is 0. The molecule has 0 spiro atoms. The summed E-state index contributed by atoms with van der Waals surface area (Å²) in [7, 11) is 0. The Balaban J connectivity index is 2.25. The molecule has 3 heteroatoms. The first-order valence-corrected chi connectivity index (χ1v) is 6.01. The Bertz CT molecular complexity index is 276. The molecule has 0 saturated heterocycles. The number of nitrogens with zero attached hydrogens (tertiary/aromatic N) is 1. The van der Waals surface area contributed by atoms with Gasteiger partial charge in [-0.15, -0.1) is 11.3 Å². The van der Waals surface area contributed by atoms with Gasteiger partial charge in [-0.1, -0.05) is 12.8 Å². The highest BCUT2D eigenvalue weighted by atomic mass is 79.9. The van der Waals surface area contributed by atoms with Crippen LogP contribution >= 0.6 is 27.3 Å². The largest absolute Gasteiger partial charge is 0.245 e. The quantitative estimate of drug-likeness (QED) is 0.732. The Kier molecular flexibility index (Phi) is 2.51. The SMILES string of the molecule is Cc1nc(C2CCCC2)c(Br)s1. The molecule has 1 saturated carbocycles. The van der Waals surface area contributed by atoms with Crippen LogP contribution in [0.15, 0.2) is 3.79 Å². The van der Waals surface area contributed by atoms with Gasteiger partial charge in [0.1, 0.15) is 0 Å². The molecule has 0 unspecified atom stereocenters. The Morgan fingerprint density at radius 1 is 1.42 bits per heavy atom. The van der Waals surface area contributed by atoms with Gasteiger partial charge in [0, 0.05) is 5.92 Å². The molecular formula is C9H12BrNS. The highest BCUT2D eigenvalue weighted by molar-refractivity contribution is 9.11. The van der Waals surface area contributed by atoms with Gasteiger partial charge in [0.15, 0.2) is 0 Å². The first-order valence-electron chi connectivity index (χ1n) is 4.40. The molecule has 1 nitrogen and oxygen atoms in total. The van der Waals surface area contributed by atoms with E-state index < -0.39 is 0 Å². The van der Waals surface area contributed by atoms with Crippen molar-refractivity contribution in [3.8, 4) is 0 Å². The van der Waals surface area contributed by atoms with Crippen molar-refractivity contribution in [2.24, 2.45) is 0 Å². The van der Waals surface area contributed by atoms with E-state index in [1.54, 1.807) is 11.3 Å². The van der Waals surface area contributed by atoms with Gasteiger partial charge in [-0.2, -0.15) is 0 Å². The molecule has 0 radical (unpaired) electrons. The van der Waals surface area contributed by atoms with E-state index in [2.05, 4.69) is 27.8 Å². The molecule has 1 aliphatic rings. The van der Waals surface area contributed by atoms with Crippen LogP contribution in [-0.2, 0) is 0 Å². The van der Waals surface area contributed by atoms with Crippen molar-refractivity contribution in [3.63, 3.8) is 0 Å². The summed E-state index contributed by atoms with van der Waals surface area (Å²) in [4.78, 5) is 4.56. The van der Waals surface area contributed by atoms with Crippen LogP contribution in [0.1, 0.15) is 42.3 Å². The summed E-state index contributed by atoms with van der Waals surface area (Å²) in [6.07, 6.45) is 5.44. The van der Waals surface area contributed by atoms with Gasteiger partial charge in [-0.05, 0) is 35.7 Å². The minimum atomic E-state index is 0.740. The Morgan fingerprint density at radius 2 is 2.08 bits per heavy atom. The number of rotatable bonds is 1. The predicted octanol–water partition coefficient (Wildman–Crippen LogP) is 3.87. The normalized spacial score (nSPS) is 18.8. The van der Waals surface area contributed by atoms with E-state index in [9.17, 15) is 0 Å². The number of aryl methyl sites for hydroxylation is 1. The van der Waals surface area contributed by atoms with Gasteiger partial charge in [0.25, 0.3) is 0 Å². The molecule has 66 valence electrons. The highest BCUT2D eigenvalue weighted by Gasteiger charge is 2.21. The molecule has 0 atom stereocenters. The van der Waals surface area contributed by atoms with Gasteiger partial charge in [-0.3, -0.25) is 0 Å². The number of aromatic nitrogens is 1. The zero-order chi connectivity index (χ0) is 8.55. The Hall–Kier alpha value is 0.110. The molecule has 1 fully saturated rings. The fourth-order valence-corrected chi connectivity index (χ4v) is 3.70. The zero-order valence-electron chi connectivity index (χ0n) is 7.14. The van der Waals surface area contributed by atoms with Crippen molar-refractivity contribution in [2.75, 3.05) is 0 Å². The first kappa shape index (κ1) is 8.70. The second kappa shape index (κ2) is 3.46. The number of halogens is 1. The molecule has 1 aliphatic carbocycles. The summed E-state index contributed by atoms with van der Waals surface area (Å²) < 4.78 is 1.26. The molecule has 1 aromatic heterocycles. The fraction of sp³-hybridized carbons (Fsp3) is 0.667. The fourth-order valence-electron chi connectivity index (χ4n) is 1.87. The lowest BCUT2D eigenvalue weighted by Gasteiger charge is -2.04. The third-order valence-corrected chi connectivity index (χ3v) is 4.13. The molecular weight excluding hydrogens is 234 g/mol. The average Bonchev–Trinajstić information content (AvgIpc) is 2.58. The molecule has 2 rings (SSSR count). The summed E-state index contributed by atoms with van der Waals surface area (Å²) in [5.41, 5.74) is 1.31. The smallest absolute Gasteiger partial charge is 0.0934 e. The van der Waals surface area contributed by atoms with E-state index in [4.69, 9.17) is 0 Å². The second-order valence-corrected chi connectivity index (χ2v) is 5.89. The van der Waals surface area contributed by atoms with Crippen LogP contribution in [0.2, 0.25) is 0 Å². The lowest BCUT2D eigenvalue weighted by molar-refractivity contribution is 0.698. The standard InChI is InChI=1S/C9H12BrNS/c1-6-11-8(9(10)12-6)7-4-2-3-5-7/h7H,2-5H2,1H3. The number of thiazole rings is 1. The van der Waals surface area contributed by atoms with Gasteiger partial charge >= 0.3 is 0 Å². The number of hydrogen-bond donors (Lipinski definition) is 0. The lowest BCUT2D eigenvalue weighted by atomic mass is 10.1. The van der Waals surface area contributed by atoms with E-state index >= 15 is 0 Å². The molecule has 1 aromatic rings. The maximum atomic E-state index is 4.56. The van der Waals surface area contributed by atoms with Gasteiger partial charge < -0.3 is 0 Å². The van der Waals surface area contributed by atoms with Crippen molar-refractivity contribution in [1.82, 2.24) is 4.98 Å². The Labute approximate surface area is 85.3 Å². The number of hydrogen-bond acceptors (Lipinski definition) is 2. The molecule has 0 aromatic carbocycles. The third-order valence-electron chi connectivity index (χ3n) is 2.46. The predicted molar refractivity (Wildman–Crippen MR) is 55.8 cm³/mol. The van der Waals surface area contributed by atoms with Crippen LogP contribution in [0.5, 0.6) is 0 Å². The minimum absolute atomic E-state index is 0.740. The van der Waals surface area contributed by atoms with Crippen LogP contribution in [0, 0.1) is 6.92 Å². The van der Waals surface area contributed by atoms with E-state index in [1.807, 2.05) is 0 Å². The van der Waals surface area contributed by atoms with Crippen molar-refractivity contribution in [3.05, 3.63) is 14.5 Å². The molecule has 0 N–H and O–H groups in total. The molecule has 12 heavy (non-hydrogen) atoms. The van der Waals surface area contributed by atoms with Crippen molar-refractivity contribution < 1.29 is 0 Å². The summed E-state index contributed by atoms with van der Waals surface area (Å²) in [5.74, 6) is 0.740. The minimum Gasteiger partial charge on any atom is -0.245 e. The van der Waals surface area contributed by atoms with Crippen LogP contribution in [0.25, 0.3) is 0 Å². The van der Waals surface area contributed by atoms with Crippen LogP contribution < -0.4 is 0 Å². The molecule has 0 bridgehead atoms. The third kappa shape index (κ3) is 1.57. The van der Waals surface area contributed by atoms with E-state index in [1.165, 1.54) is 40.2 Å². The second-order valence-electron chi connectivity index (χ2n) is 3.37. The van der Waals surface area contributed by atoms with Crippen LogP contribution in [0.3, 0.4) is 0 Å². The van der Waals surface area contributed by atoms with Crippen molar-refractivity contribution in [2.45, 2.75) is 38.5 Å². The van der Waals surface area contributed by atoms with Gasteiger partial charge in [-0.25, -0.2) is 4.98 Å². The highest BCUT2D eigenvalue weighted by Crippen LogP contribution is 2.39. The molecule has 0 amide bonds. The van der Waals surface area contributed by atoms with E-state index in [0.717, 1.165) is 5.92 Å². The summed E-state index contributed by atoms with van der Waals surface area (Å²) in [5, 5.41) is 1.18. The lowest BCUT2D eigenvalue weighted by Crippen LogP contribution is -1.92. The maximum absolute atomic E-state index is 4.56. The van der Waals surface area contributed by atoms with Gasteiger partial charge in [0.2, 0.25) is 0 Å².